The van der Waals surface area contributed by atoms with Crippen molar-refractivity contribution in [1.29, 1.82) is 0 Å². The number of ether oxygens (including phenoxy) is 1. The molecule has 0 radical (unpaired) electrons. The number of para-hydroxylation sites is 1. The van der Waals surface area contributed by atoms with Crippen LogP contribution in [0.1, 0.15) is 21.7 Å². The summed E-state index contributed by atoms with van der Waals surface area (Å²) in [5.74, 6) is -0.478. The van der Waals surface area contributed by atoms with Crippen LogP contribution in [0, 0.1) is 6.92 Å². The molecule has 9 heteroatoms. The maximum Gasteiger partial charge on any atom is 0.352 e. The zero-order valence-electron chi connectivity index (χ0n) is 18.3. The zero-order valence-corrected chi connectivity index (χ0v) is 20.6. The first-order valence-electron chi connectivity index (χ1n) is 10.3. The van der Waals surface area contributed by atoms with Gasteiger partial charge in [-0.05, 0) is 70.9 Å². The first-order chi connectivity index (χ1) is 16.8. The molecule has 1 heterocycles. The lowest BCUT2D eigenvalue weighted by Crippen LogP contribution is -2.27. The number of aryl methyl sites for hydroxylation is 1. The van der Waals surface area contributed by atoms with Crippen molar-refractivity contribution in [3.8, 4) is 22.8 Å². The highest BCUT2D eigenvalue weighted by molar-refractivity contribution is 9.10. The Hall–Kier alpha value is -3.88. The van der Waals surface area contributed by atoms with E-state index >= 15 is 0 Å². The minimum atomic E-state index is -1.30. The average molecular weight is 554 g/mol. The zero-order chi connectivity index (χ0) is 24.9. The number of hydrogen-bond donors (Lipinski definition) is 2. The van der Waals surface area contributed by atoms with Gasteiger partial charge in [0.1, 0.15) is 34.2 Å². The van der Waals surface area contributed by atoms with E-state index < -0.39 is 11.9 Å². The van der Waals surface area contributed by atoms with Gasteiger partial charge in [0.25, 0.3) is 5.91 Å². The van der Waals surface area contributed by atoms with E-state index in [4.69, 9.17) is 20.9 Å². The number of nitrogens with zero attached hydrogens (tertiary/aromatic N) is 1. The minimum absolute atomic E-state index is 0.136. The van der Waals surface area contributed by atoms with Crippen LogP contribution in [0.25, 0.3) is 17.3 Å². The molecule has 4 aromatic rings. The third kappa shape index (κ3) is 5.79. The first kappa shape index (κ1) is 24.3. The molecule has 1 amide bonds. The van der Waals surface area contributed by atoms with Gasteiger partial charge in [0.2, 0.25) is 0 Å². The van der Waals surface area contributed by atoms with E-state index in [1.54, 1.807) is 55.5 Å². The SMILES string of the molecule is Cc1onc(-c2ccc(Cl)cc2)c1C(=O)N/C(=C\c1ccc(Oc2ccccc2Br)cc1)C(=O)O. The summed E-state index contributed by atoms with van der Waals surface area (Å²) < 4.78 is 11.8. The molecule has 0 saturated carbocycles. The quantitative estimate of drug-likeness (QED) is 0.247. The van der Waals surface area contributed by atoms with Crippen molar-refractivity contribution in [1.82, 2.24) is 10.5 Å². The summed E-state index contributed by atoms with van der Waals surface area (Å²) in [6.07, 6.45) is 1.35. The van der Waals surface area contributed by atoms with Crippen molar-refractivity contribution in [2.45, 2.75) is 6.92 Å². The Bertz CT molecular complexity index is 1410. The molecule has 0 fully saturated rings. The highest BCUT2D eigenvalue weighted by atomic mass is 79.9. The van der Waals surface area contributed by atoms with Gasteiger partial charge in [-0.15, -0.1) is 0 Å². The fourth-order valence-corrected chi connectivity index (χ4v) is 3.73. The number of carbonyl (C=O) groups excluding carboxylic acids is 1. The lowest BCUT2D eigenvalue weighted by Gasteiger charge is -2.09. The van der Waals surface area contributed by atoms with Crippen LogP contribution in [0.15, 0.2) is 87.5 Å². The molecule has 0 aliphatic heterocycles. The molecular formula is C26H18BrClN2O5. The van der Waals surface area contributed by atoms with E-state index in [9.17, 15) is 14.7 Å². The number of hydrogen-bond acceptors (Lipinski definition) is 5. The molecule has 0 atom stereocenters. The summed E-state index contributed by atoms with van der Waals surface area (Å²) >= 11 is 9.37. The summed E-state index contributed by atoms with van der Waals surface area (Å²) in [5, 5.41) is 16.6. The third-order valence-electron chi connectivity index (χ3n) is 4.94. The Morgan fingerprint density at radius 2 is 1.74 bits per heavy atom. The van der Waals surface area contributed by atoms with Gasteiger partial charge in [-0.1, -0.05) is 53.2 Å². The monoisotopic (exact) mass is 552 g/mol. The van der Waals surface area contributed by atoms with Crippen molar-refractivity contribution in [3.63, 3.8) is 0 Å². The molecule has 0 aliphatic rings. The molecule has 0 bridgehead atoms. The van der Waals surface area contributed by atoms with E-state index in [2.05, 4.69) is 26.4 Å². The second kappa shape index (κ2) is 10.6. The van der Waals surface area contributed by atoms with Gasteiger partial charge in [-0.2, -0.15) is 0 Å². The highest BCUT2D eigenvalue weighted by Crippen LogP contribution is 2.30. The van der Waals surface area contributed by atoms with Crippen LogP contribution in [0.3, 0.4) is 0 Å². The smallest absolute Gasteiger partial charge is 0.352 e. The lowest BCUT2D eigenvalue weighted by molar-refractivity contribution is -0.132. The minimum Gasteiger partial charge on any atom is -0.477 e. The van der Waals surface area contributed by atoms with E-state index in [0.29, 0.717) is 27.6 Å². The molecular weight excluding hydrogens is 536 g/mol. The van der Waals surface area contributed by atoms with Crippen LogP contribution in [0.4, 0.5) is 0 Å². The highest BCUT2D eigenvalue weighted by Gasteiger charge is 2.24. The van der Waals surface area contributed by atoms with Crippen LogP contribution < -0.4 is 10.1 Å². The Balaban J connectivity index is 1.55. The maximum absolute atomic E-state index is 13.0. The van der Waals surface area contributed by atoms with Gasteiger partial charge in [0.05, 0.1) is 4.47 Å². The number of carbonyl (C=O) groups is 2. The predicted molar refractivity (Wildman–Crippen MR) is 135 cm³/mol. The summed E-state index contributed by atoms with van der Waals surface area (Å²) in [7, 11) is 0. The second-order valence-corrected chi connectivity index (χ2v) is 8.68. The maximum atomic E-state index is 13.0. The fraction of sp³-hybridized carbons (Fsp3) is 0.0385. The van der Waals surface area contributed by atoms with Gasteiger partial charge in [0.15, 0.2) is 0 Å². The van der Waals surface area contributed by atoms with Crippen LogP contribution in [-0.4, -0.2) is 22.1 Å². The Morgan fingerprint density at radius 3 is 2.40 bits per heavy atom. The Labute approximate surface area is 214 Å². The summed E-state index contributed by atoms with van der Waals surface area (Å²) in [6.45, 7) is 1.58. The standard InChI is InChI=1S/C26H18BrClN2O5/c1-15-23(24(30-35-15)17-8-10-18(28)11-9-17)25(31)29-21(26(32)33)14-16-6-12-19(13-7-16)34-22-5-3-2-4-20(22)27/h2-14H,1H3,(H,29,31)(H,32,33)/b21-14-. The van der Waals surface area contributed by atoms with E-state index in [0.717, 1.165) is 4.47 Å². The van der Waals surface area contributed by atoms with Crippen molar-refractivity contribution in [2.24, 2.45) is 0 Å². The largest absolute Gasteiger partial charge is 0.477 e. The lowest BCUT2D eigenvalue weighted by atomic mass is 10.1. The van der Waals surface area contributed by atoms with Crippen molar-refractivity contribution >= 4 is 45.5 Å². The number of aliphatic carboxylic acids is 1. The molecule has 4 rings (SSSR count). The van der Waals surface area contributed by atoms with Crippen molar-refractivity contribution in [2.75, 3.05) is 0 Å². The van der Waals surface area contributed by atoms with E-state index in [1.165, 1.54) is 6.08 Å². The fourth-order valence-electron chi connectivity index (χ4n) is 3.23. The van der Waals surface area contributed by atoms with Gasteiger partial charge in [-0.3, -0.25) is 4.79 Å². The molecule has 0 unspecified atom stereocenters. The van der Waals surface area contributed by atoms with E-state index in [1.807, 2.05) is 24.3 Å². The molecule has 0 spiro atoms. The average Bonchev–Trinajstić information content (AvgIpc) is 3.23. The van der Waals surface area contributed by atoms with Crippen LogP contribution >= 0.6 is 27.5 Å². The summed E-state index contributed by atoms with van der Waals surface area (Å²) in [4.78, 5) is 24.9. The van der Waals surface area contributed by atoms with Gasteiger partial charge < -0.3 is 19.7 Å². The van der Waals surface area contributed by atoms with Crippen molar-refractivity contribution in [3.05, 3.63) is 105 Å². The second-order valence-electron chi connectivity index (χ2n) is 7.39. The number of halogens is 2. The van der Waals surface area contributed by atoms with Crippen molar-refractivity contribution < 1.29 is 24.0 Å². The molecule has 0 saturated heterocycles. The third-order valence-corrected chi connectivity index (χ3v) is 5.85. The van der Waals surface area contributed by atoms with Crippen LogP contribution in [0.5, 0.6) is 11.5 Å². The summed E-state index contributed by atoms with van der Waals surface area (Å²) in [6, 6.07) is 20.9. The van der Waals surface area contributed by atoms with Gasteiger partial charge >= 0.3 is 5.97 Å². The number of rotatable bonds is 7. The molecule has 35 heavy (non-hydrogen) atoms. The normalized spacial score (nSPS) is 11.2. The molecule has 3 aromatic carbocycles. The number of nitrogens with one attached hydrogen (secondary N) is 1. The number of carboxylic acid groups (broad SMARTS) is 1. The van der Waals surface area contributed by atoms with E-state index in [-0.39, 0.29) is 22.7 Å². The van der Waals surface area contributed by atoms with Crippen LogP contribution in [-0.2, 0) is 4.79 Å². The molecule has 7 nitrogen and oxygen atoms in total. The Morgan fingerprint density at radius 1 is 1.06 bits per heavy atom. The predicted octanol–water partition coefficient (Wildman–Crippen LogP) is 6.71. The number of carboxylic acids is 1. The molecule has 0 aliphatic carbocycles. The van der Waals surface area contributed by atoms with Crippen LogP contribution in [0.2, 0.25) is 5.02 Å². The topological polar surface area (TPSA) is 102 Å². The molecule has 2 N–H and O–H groups in total. The first-order valence-corrected chi connectivity index (χ1v) is 11.5. The van der Waals surface area contributed by atoms with Gasteiger partial charge in [0, 0.05) is 10.6 Å². The van der Waals surface area contributed by atoms with Gasteiger partial charge in [-0.25, -0.2) is 4.79 Å². The molecule has 176 valence electrons. The number of amides is 1. The number of aromatic nitrogens is 1. The molecule has 1 aromatic heterocycles. The summed E-state index contributed by atoms with van der Waals surface area (Å²) in [5.41, 5.74) is 1.28. The number of benzene rings is 3. The Kier molecular flexibility index (Phi) is 7.33.